The van der Waals surface area contributed by atoms with Crippen LogP contribution in [0.2, 0.25) is 0 Å². The molecular weight excluding hydrogens is 274 g/mol. The van der Waals surface area contributed by atoms with Crippen LogP contribution < -0.4 is 0 Å². The van der Waals surface area contributed by atoms with Gasteiger partial charge in [-0.1, -0.05) is 35.9 Å². The topological polar surface area (TPSA) is 32.7 Å². The molecule has 1 heterocycles. The van der Waals surface area contributed by atoms with Gasteiger partial charge >= 0.3 is 0 Å². The molecule has 0 unspecified atom stereocenters. The van der Waals surface area contributed by atoms with Gasteiger partial charge in [0.15, 0.2) is 0 Å². The van der Waals surface area contributed by atoms with Crippen LogP contribution in [0.4, 0.5) is 0 Å². The van der Waals surface area contributed by atoms with Crippen LogP contribution in [0.15, 0.2) is 42.5 Å². The number of aryl methyl sites for hydroxylation is 1. The van der Waals surface area contributed by atoms with Crippen molar-refractivity contribution in [3.05, 3.63) is 53.6 Å². The van der Waals surface area contributed by atoms with Crippen molar-refractivity contribution in [1.29, 1.82) is 0 Å². The van der Waals surface area contributed by atoms with Crippen molar-refractivity contribution in [1.82, 2.24) is 4.90 Å². The second-order valence-corrected chi connectivity index (χ2v) is 5.97. The van der Waals surface area contributed by atoms with Crippen LogP contribution in [0.3, 0.4) is 0 Å². The number of ether oxygens (including phenoxy) is 1. The van der Waals surface area contributed by atoms with Crippen LogP contribution in [-0.2, 0) is 4.74 Å². The highest BCUT2D eigenvalue weighted by atomic mass is 16.5. The van der Waals surface area contributed by atoms with Gasteiger partial charge in [-0.3, -0.25) is 4.90 Å². The van der Waals surface area contributed by atoms with E-state index < -0.39 is 0 Å². The molecule has 0 radical (unpaired) electrons. The van der Waals surface area contributed by atoms with Crippen LogP contribution >= 0.6 is 0 Å². The Morgan fingerprint density at radius 2 is 1.73 bits per heavy atom. The Hall–Kier alpha value is -1.84. The smallest absolute Gasteiger partial charge is 0.123 e. The van der Waals surface area contributed by atoms with Crippen molar-refractivity contribution in [3.8, 4) is 16.9 Å². The predicted octanol–water partition coefficient (Wildman–Crippen LogP) is 3.76. The second kappa shape index (κ2) is 6.51. The van der Waals surface area contributed by atoms with Crippen LogP contribution in [0.25, 0.3) is 11.1 Å². The third-order valence-electron chi connectivity index (χ3n) is 4.45. The molecule has 116 valence electrons. The summed E-state index contributed by atoms with van der Waals surface area (Å²) in [5, 5.41) is 10.0. The quantitative estimate of drug-likeness (QED) is 0.936. The van der Waals surface area contributed by atoms with Crippen LogP contribution in [0.5, 0.6) is 5.75 Å². The summed E-state index contributed by atoms with van der Waals surface area (Å²) in [6.45, 7) is 7.89. The van der Waals surface area contributed by atoms with Gasteiger partial charge in [-0.15, -0.1) is 0 Å². The Morgan fingerprint density at radius 1 is 1.05 bits per heavy atom. The van der Waals surface area contributed by atoms with E-state index >= 15 is 0 Å². The van der Waals surface area contributed by atoms with Crippen molar-refractivity contribution < 1.29 is 9.84 Å². The Bertz CT molecular complexity index is 630. The first-order chi connectivity index (χ1) is 10.6. The summed E-state index contributed by atoms with van der Waals surface area (Å²) >= 11 is 0. The molecule has 1 atom stereocenters. The normalized spacial score (nSPS) is 17.4. The lowest BCUT2D eigenvalue weighted by Gasteiger charge is -2.32. The van der Waals surface area contributed by atoms with Crippen molar-refractivity contribution in [2.45, 2.75) is 19.9 Å². The van der Waals surface area contributed by atoms with Gasteiger partial charge in [0.25, 0.3) is 0 Å². The maximum Gasteiger partial charge on any atom is 0.123 e. The van der Waals surface area contributed by atoms with Crippen molar-refractivity contribution in [2.24, 2.45) is 0 Å². The van der Waals surface area contributed by atoms with Crippen molar-refractivity contribution >= 4 is 0 Å². The largest absolute Gasteiger partial charge is 0.507 e. The summed E-state index contributed by atoms with van der Waals surface area (Å²) in [5.41, 5.74) is 4.40. The highest BCUT2D eigenvalue weighted by Crippen LogP contribution is 2.31. The van der Waals surface area contributed by atoms with E-state index in [9.17, 15) is 5.11 Å². The minimum Gasteiger partial charge on any atom is -0.507 e. The number of nitrogens with zero attached hydrogens (tertiary/aromatic N) is 1. The van der Waals surface area contributed by atoms with E-state index in [1.54, 1.807) is 6.07 Å². The molecule has 0 aromatic heterocycles. The first-order valence-electron chi connectivity index (χ1n) is 7.87. The molecule has 1 aliphatic heterocycles. The number of phenolic OH excluding ortho intramolecular Hbond substituents is 1. The van der Waals surface area contributed by atoms with Crippen molar-refractivity contribution in [2.75, 3.05) is 26.3 Å². The summed E-state index contributed by atoms with van der Waals surface area (Å²) in [6, 6.07) is 14.6. The lowest BCUT2D eigenvalue weighted by molar-refractivity contribution is 0.0198. The van der Waals surface area contributed by atoms with Crippen molar-refractivity contribution in [3.63, 3.8) is 0 Å². The van der Waals surface area contributed by atoms with E-state index in [-0.39, 0.29) is 0 Å². The highest BCUT2D eigenvalue weighted by molar-refractivity contribution is 5.70. The number of hydrogen-bond acceptors (Lipinski definition) is 3. The molecule has 0 bridgehead atoms. The zero-order valence-corrected chi connectivity index (χ0v) is 13.2. The lowest BCUT2D eigenvalue weighted by atomic mass is 9.99. The standard InChI is InChI=1S/C19H23NO2/c1-14-3-8-19(21)18(13-14)17-6-4-16(5-7-17)15(2)20-9-11-22-12-10-20/h3-8,13,15,21H,9-12H2,1-2H3/t15-/m0/s1. The Labute approximate surface area is 132 Å². The van der Waals surface area contributed by atoms with Crippen LogP contribution in [0, 0.1) is 6.92 Å². The van der Waals surface area contributed by atoms with Gasteiger partial charge in [0.05, 0.1) is 13.2 Å². The molecular formula is C19H23NO2. The summed E-state index contributed by atoms with van der Waals surface area (Å²) in [7, 11) is 0. The molecule has 2 aromatic carbocycles. The first kappa shape index (κ1) is 15.1. The molecule has 0 amide bonds. The van der Waals surface area contributed by atoms with Crippen LogP contribution in [-0.4, -0.2) is 36.3 Å². The zero-order valence-electron chi connectivity index (χ0n) is 13.2. The molecule has 3 rings (SSSR count). The molecule has 0 spiro atoms. The summed E-state index contributed by atoms with van der Waals surface area (Å²) in [5.74, 6) is 0.333. The molecule has 0 aliphatic carbocycles. The first-order valence-corrected chi connectivity index (χ1v) is 7.87. The number of morpholine rings is 1. The van der Waals surface area contributed by atoms with Gasteiger partial charge in [-0.2, -0.15) is 0 Å². The van der Waals surface area contributed by atoms with E-state index in [4.69, 9.17) is 4.74 Å². The lowest BCUT2D eigenvalue weighted by Crippen LogP contribution is -2.37. The van der Waals surface area contributed by atoms with Gasteiger partial charge < -0.3 is 9.84 Å². The molecule has 1 fully saturated rings. The van der Waals surface area contributed by atoms with Gasteiger partial charge in [-0.25, -0.2) is 0 Å². The summed E-state index contributed by atoms with van der Waals surface area (Å²) in [6.07, 6.45) is 0. The summed E-state index contributed by atoms with van der Waals surface area (Å²) in [4.78, 5) is 2.45. The molecule has 3 nitrogen and oxygen atoms in total. The zero-order chi connectivity index (χ0) is 15.5. The monoisotopic (exact) mass is 297 g/mol. The Balaban J connectivity index is 1.81. The molecule has 22 heavy (non-hydrogen) atoms. The number of benzene rings is 2. The summed E-state index contributed by atoms with van der Waals surface area (Å²) < 4.78 is 5.42. The molecule has 1 aliphatic rings. The van der Waals surface area contributed by atoms with E-state index in [0.29, 0.717) is 11.8 Å². The fourth-order valence-electron chi connectivity index (χ4n) is 3.00. The van der Waals surface area contributed by atoms with E-state index in [1.165, 1.54) is 5.56 Å². The molecule has 3 heteroatoms. The maximum absolute atomic E-state index is 10.0. The minimum absolute atomic E-state index is 0.333. The second-order valence-electron chi connectivity index (χ2n) is 5.97. The van der Waals surface area contributed by atoms with E-state index in [0.717, 1.165) is 43.0 Å². The highest BCUT2D eigenvalue weighted by Gasteiger charge is 2.18. The van der Waals surface area contributed by atoms with Gasteiger partial charge in [0.2, 0.25) is 0 Å². The average Bonchev–Trinajstić information content (AvgIpc) is 2.57. The maximum atomic E-state index is 10.0. The van der Waals surface area contributed by atoms with Gasteiger partial charge in [0, 0.05) is 24.7 Å². The fraction of sp³-hybridized carbons (Fsp3) is 0.368. The van der Waals surface area contributed by atoms with E-state index in [2.05, 4.69) is 36.1 Å². The molecule has 1 N–H and O–H groups in total. The third-order valence-corrected chi connectivity index (χ3v) is 4.45. The number of phenols is 1. The number of rotatable bonds is 3. The Morgan fingerprint density at radius 3 is 2.41 bits per heavy atom. The average molecular weight is 297 g/mol. The SMILES string of the molecule is Cc1ccc(O)c(-c2ccc([C@H](C)N3CCOCC3)cc2)c1. The fourth-order valence-corrected chi connectivity index (χ4v) is 3.00. The number of hydrogen-bond donors (Lipinski definition) is 1. The Kier molecular flexibility index (Phi) is 4.46. The van der Waals surface area contributed by atoms with E-state index in [1.807, 2.05) is 19.1 Å². The van der Waals surface area contributed by atoms with Gasteiger partial charge in [0.1, 0.15) is 5.75 Å². The van der Waals surface area contributed by atoms with Crippen LogP contribution in [0.1, 0.15) is 24.1 Å². The number of aromatic hydroxyl groups is 1. The van der Waals surface area contributed by atoms with Gasteiger partial charge in [-0.05, 0) is 37.1 Å². The molecule has 1 saturated heterocycles. The predicted molar refractivity (Wildman–Crippen MR) is 89.1 cm³/mol. The molecule has 0 saturated carbocycles. The third kappa shape index (κ3) is 3.16. The molecule has 2 aromatic rings. The minimum atomic E-state index is 0.333.